The summed E-state index contributed by atoms with van der Waals surface area (Å²) in [5, 5.41) is 49.0. The number of hydrogen-bond donors (Lipinski definition) is 11. The molecule has 0 aromatic carbocycles. The Morgan fingerprint density at radius 2 is 1.07 bits per heavy atom. The molecular formula is C36H51N11O14. The predicted molar refractivity (Wildman–Crippen MR) is 208 cm³/mol. The second kappa shape index (κ2) is 24.3. The Bertz CT molecular complexity index is 2050. The molecule has 5 rings (SSSR count). The van der Waals surface area contributed by atoms with Crippen molar-refractivity contribution < 1.29 is 59.2 Å². The van der Waals surface area contributed by atoms with Gasteiger partial charge in [0.15, 0.2) is 0 Å². The molecule has 0 unspecified atom stereocenters. The number of carbonyl (C=O) groups is 8. The van der Waals surface area contributed by atoms with Gasteiger partial charge in [-0.25, -0.2) is 11.0 Å². The van der Waals surface area contributed by atoms with Gasteiger partial charge in [0.1, 0.15) is 35.4 Å². The summed E-state index contributed by atoms with van der Waals surface area (Å²) in [6.07, 6.45) is 0.519. The Balaban J connectivity index is 1.92. The quantitative estimate of drug-likeness (QED) is 0.0406. The minimum atomic E-state index is -1.24. The van der Waals surface area contributed by atoms with Gasteiger partial charge in [0.25, 0.3) is 46.6 Å². The number of fused-ring (bicyclic) bond motifs is 2. The lowest BCUT2D eigenvalue weighted by Crippen LogP contribution is -2.46. The number of nitrogens with one attached hydrogen (secondary N) is 6. The van der Waals surface area contributed by atoms with Gasteiger partial charge < -0.3 is 47.2 Å². The average Bonchev–Trinajstić information content (AvgIpc) is 3.23. The zero-order chi connectivity index (χ0) is 45.1. The molecule has 25 heteroatoms. The lowest BCUT2D eigenvalue weighted by Gasteiger charge is -2.25. The van der Waals surface area contributed by atoms with Crippen LogP contribution in [0.2, 0.25) is 0 Å². The van der Waals surface area contributed by atoms with E-state index in [9.17, 15) is 58.4 Å². The fourth-order valence-corrected chi connectivity index (χ4v) is 6.11. The number of pyridine rings is 2. The van der Waals surface area contributed by atoms with E-state index in [0.717, 1.165) is 24.3 Å². The van der Waals surface area contributed by atoms with Gasteiger partial charge in [0, 0.05) is 51.9 Å². The molecule has 25 nitrogen and oxygen atoms in total. The molecule has 2 aromatic heterocycles. The highest BCUT2D eigenvalue weighted by Crippen LogP contribution is 2.08. The van der Waals surface area contributed by atoms with Crippen LogP contribution in [0.5, 0.6) is 0 Å². The third kappa shape index (κ3) is 14.4. The number of amides is 8. The molecule has 0 aliphatic carbocycles. The van der Waals surface area contributed by atoms with E-state index < -0.39 is 99.8 Å². The van der Waals surface area contributed by atoms with E-state index in [1.807, 2.05) is 0 Å². The zero-order valence-electron chi connectivity index (χ0n) is 33.1. The van der Waals surface area contributed by atoms with Gasteiger partial charge in [-0.3, -0.25) is 58.4 Å². The van der Waals surface area contributed by atoms with Crippen molar-refractivity contribution in [2.45, 2.75) is 63.8 Å². The van der Waals surface area contributed by atoms with Crippen molar-refractivity contribution in [1.29, 1.82) is 0 Å². The number of hydroxylamine groups is 2. The van der Waals surface area contributed by atoms with E-state index in [1.54, 1.807) is 0 Å². The first-order chi connectivity index (χ1) is 29.1. The maximum atomic E-state index is 13.2. The molecule has 0 spiro atoms. The molecule has 334 valence electrons. The molecule has 2 aromatic rings. The number of rotatable bonds is 8. The third-order valence-electron chi connectivity index (χ3n) is 9.39. The lowest BCUT2D eigenvalue weighted by molar-refractivity contribution is -0.141. The third-order valence-corrected chi connectivity index (χ3v) is 9.39. The van der Waals surface area contributed by atoms with Crippen molar-refractivity contribution in [2.24, 2.45) is 5.73 Å². The highest BCUT2D eigenvalue weighted by molar-refractivity contribution is 5.98. The molecule has 0 radical (unpaired) electrons. The van der Waals surface area contributed by atoms with Crippen LogP contribution >= 0.6 is 0 Å². The lowest BCUT2D eigenvalue weighted by atomic mass is 10.1. The summed E-state index contributed by atoms with van der Waals surface area (Å²) >= 11 is 0. The van der Waals surface area contributed by atoms with E-state index in [0.29, 0.717) is 19.4 Å². The van der Waals surface area contributed by atoms with Crippen molar-refractivity contribution in [2.75, 3.05) is 52.4 Å². The van der Waals surface area contributed by atoms with Gasteiger partial charge in [0.2, 0.25) is 11.8 Å². The summed E-state index contributed by atoms with van der Waals surface area (Å²) in [7, 11) is 0. The Hall–Kier alpha value is -6.86. The Kier molecular flexibility index (Phi) is 19.3. The Morgan fingerprint density at radius 3 is 1.51 bits per heavy atom. The van der Waals surface area contributed by atoms with E-state index in [2.05, 4.69) is 21.3 Å². The van der Waals surface area contributed by atoms with Crippen LogP contribution in [0.15, 0.2) is 33.9 Å². The molecule has 0 saturated carbocycles. The van der Waals surface area contributed by atoms with Gasteiger partial charge in [-0.05, 0) is 69.3 Å². The topological polar surface area (TPSA) is 366 Å². The maximum absolute atomic E-state index is 13.2. The van der Waals surface area contributed by atoms with E-state index in [1.165, 1.54) is 20.8 Å². The largest absolute Gasteiger partial charge is 0.425 e. The second-order valence-electron chi connectivity index (χ2n) is 13.8. The zero-order valence-corrected chi connectivity index (χ0v) is 33.1. The highest BCUT2D eigenvalue weighted by atomic mass is 16.5. The fourth-order valence-electron chi connectivity index (χ4n) is 6.11. The molecule has 3 aliphatic rings. The smallest absolute Gasteiger partial charge is 0.296 e. The van der Waals surface area contributed by atoms with Crippen LogP contribution in [0, 0.1) is 0 Å². The molecule has 0 saturated heterocycles. The standard InChI is InChI=1S/C36H51N11O14/c37-12-2-1-7-22-21-40-33(54)25-10-8-23(35(56)46(25)60)31(52)38-13-5-17-44(29(50)19-27(48)42-58)15-3-4-16-45(30(51)20-28(49)43-59)18-6-14-39-32(53)24-9-11-26(34(55)41-22)47(61)36(24)57/h8-11,22,58-61H,1-7,12-21,37H2,(H,38,52)(H,39,53)(H,40,54)(H,41,55)(H,42,48)(H,43,49)/t22-/m0/s1. The summed E-state index contributed by atoms with van der Waals surface area (Å²) in [4.78, 5) is 130. The molecule has 3 aliphatic heterocycles. The van der Waals surface area contributed by atoms with Crippen LogP contribution < -0.4 is 49.1 Å². The van der Waals surface area contributed by atoms with Crippen LogP contribution in [0.1, 0.15) is 99.5 Å². The van der Waals surface area contributed by atoms with Gasteiger partial charge >= 0.3 is 0 Å². The minimum absolute atomic E-state index is 0.0159. The number of unbranched alkanes of at least 4 members (excludes halogenated alkanes) is 1. The van der Waals surface area contributed by atoms with Crippen LogP contribution in [-0.4, -0.2) is 146 Å². The Labute approximate surface area is 347 Å². The van der Waals surface area contributed by atoms with Crippen molar-refractivity contribution in [3.63, 3.8) is 0 Å². The van der Waals surface area contributed by atoms with Crippen LogP contribution in [0.4, 0.5) is 0 Å². The molecule has 5 heterocycles. The van der Waals surface area contributed by atoms with E-state index in [4.69, 9.17) is 16.1 Å². The monoisotopic (exact) mass is 861 g/mol. The highest BCUT2D eigenvalue weighted by Gasteiger charge is 2.24. The van der Waals surface area contributed by atoms with Crippen molar-refractivity contribution in [3.8, 4) is 0 Å². The molecule has 8 amide bonds. The van der Waals surface area contributed by atoms with Gasteiger partial charge in [-0.15, -0.1) is 9.46 Å². The fraction of sp³-hybridized carbons (Fsp3) is 0.500. The SMILES string of the molecule is NCCCC[C@H]1CNC(=O)c2ccc(c(=O)n2O)C(=O)NCCCN(C(=O)CC(=O)NO)CCCCN(C(=O)CC(=O)NO)CCCNC(=O)c2ccc(n(O)c2=O)C(=O)N1. The first kappa shape index (κ1) is 48.5. The number of hydrogen-bond acceptors (Lipinski definition) is 15. The summed E-state index contributed by atoms with van der Waals surface area (Å²) in [6, 6.07) is 3.22. The van der Waals surface area contributed by atoms with Gasteiger partial charge in [-0.2, -0.15) is 0 Å². The molecule has 12 N–H and O–H groups in total. The minimum Gasteiger partial charge on any atom is -0.425 e. The van der Waals surface area contributed by atoms with Crippen LogP contribution in [0.3, 0.4) is 0 Å². The van der Waals surface area contributed by atoms with Gasteiger partial charge in [0.05, 0.1) is 0 Å². The second-order valence-corrected chi connectivity index (χ2v) is 13.8. The van der Waals surface area contributed by atoms with E-state index in [-0.39, 0.29) is 87.4 Å². The molecular weight excluding hydrogens is 810 g/mol. The summed E-state index contributed by atoms with van der Waals surface area (Å²) in [6.45, 7) is -0.111. The molecule has 1 atom stereocenters. The predicted octanol–water partition coefficient (Wildman–Crippen LogP) is -3.38. The van der Waals surface area contributed by atoms with Crippen LogP contribution in [-0.2, 0) is 19.2 Å². The van der Waals surface area contributed by atoms with Gasteiger partial charge in [-0.1, -0.05) is 6.42 Å². The number of nitrogens with two attached hydrogens (primary N) is 1. The molecule has 4 bridgehead atoms. The van der Waals surface area contributed by atoms with E-state index >= 15 is 0 Å². The van der Waals surface area contributed by atoms with Crippen molar-refractivity contribution >= 4 is 47.3 Å². The normalized spacial score (nSPS) is 16.7. The maximum Gasteiger partial charge on any atom is 0.296 e. The Morgan fingerprint density at radius 1 is 0.623 bits per heavy atom. The summed E-state index contributed by atoms with van der Waals surface area (Å²) in [5.74, 6) is -7.10. The van der Waals surface area contributed by atoms with Crippen molar-refractivity contribution in [1.82, 2.24) is 51.5 Å². The number of nitrogens with zero attached hydrogens (tertiary/aromatic N) is 4. The first-order valence-electron chi connectivity index (χ1n) is 19.3. The summed E-state index contributed by atoms with van der Waals surface area (Å²) in [5.41, 5.74) is 3.67. The first-order valence-corrected chi connectivity index (χ1v) is 19.3. The molecule has 0 fully saturated rings. The average molecular weight is 862 g/mol. The number of carbonyl (C=O) groups excluding carboxylic acids is 8. The van der Waals surface area contributed by atoms with Crippen LogP contribution in [0.25, 0.3) is 0 Å². The molecule has 61 heavy (non-hydrogen) atoms. The number of aromatic nitrogens is 2. The van der Waals surface area contributed by atoms with Crippen molar-refractivity contribution in [3.05, 3.63) is 67.5 Å². The summed E-state index contributed by atoms with van der Waals surface area (Å²) < 4.78 is -0.0557.